The molecule has 0 aromatic carbocycles. The van der Waals surface area contributed by atoms with Crippen molar-refractivity contribution in [1.82, 2.24) is 9.78 Å². The molecule has 88 valence electrons. The highest BCUT2D eigenvalue weighted by atomic mass is 32.2. The number of methoxy groups -OCH3 is 1. The summed E-state index contributed by atoms with van der Waals surface area (Å²) >= 11 is 1.75. The van der Waals surface area contributed by atoms with Gasteiger partial charge >= 0.3 is 0 Å². The molecule has 0 spiro atoms. The van der Waals surface area contributed by atoms with Crippen LogP contribution in [-0.4, -0.2) is 33.7 Å². The van der Waals surface area contributed by atoms with Gasteiger partial charge in [-0.1, -0.05) is 6.42 Å². The Morgan fingerprint density at radius 3 is 3.06 bits per heavy atom. The molecule has 0 saturated carbocycles. The zero-order valence-corrected chi connectivity index (χ0v) is 10.4. The number of rotatable bonds is 3. The van der Waals surface area contributed by atoms with Gasteiger partial charge in [0.2, 0.25) is 0 Å². The second-order valence-corrected chi connectivity index (χ2v) is 5.22. The Bertz CT molecular complexity index is 383. The third-order valence-corrected chi connectivity index (χ3v) is 4.21. The Balaban J connectivity index is 2.21. The maximum atomic E-state index is 12.3. The van der Waals surface area contributed by atoms with Crippen LogP contribution in [0.15, 0.2) is 6.20 Å². The summed E-state index contributed by atoms with van der Waals surface area (Å²) in [5.74, 6) is 1.82. The minimum Gasteiger partial charge on any atom is -0.493 e. The smallest absolute Gasteiger partial charge is 0.197 e. The highest BCUT2D eigenvalue weighted by molar-refractivity contribution is 8.00. The van der Waals surface area contributed by atoms with Gasteiger partial charge in [0, 0.05) is 7.05 Å². The van der Waals surface area contributed by atoms with E-state index in [1.165, 1.54) is 6.42 Å². The maximum absolute atomic E-state index is 12.3. The lowest BCUT2D eigenvalue weighted by Crippen LogP contribution is -2.23. The van der Waals surface area contributed by atoms with E-state index in [0.717, 1.165) is 18.6 Å². The van der Waals surface area contributed by atoms with Crippen molar-refractivity contribution >= 4 is 17.5 Å². The predicted molar refractivity (Wildman–Crippen MR) is 64.2 cm³/mol. The molecule has 2 heterocycles. The number of aryl methyl sites for hydroxylation is 1. The largest absolute Gasteiger partial charge is 0.493 e. The van der Waals surface area contributed by atoms with Crippen LogP contribution in [0.25, 0.3) is 0 Å². The fourth-order valence-electron chi connectivity index (χ4n) is 1.95. The van der Waals surface area contributed by atoms with Crippen LogP contribution in [0.4, 0.5) is 0 Å². The molecule has 16 heavy (non-hydrogen) atoms. The quantitative estimate of drug-likeness (QED) is 0.757. The number of Topliss-reactive ketones (excluding diaryl/α,β-unsaturated/α-hetero) is 1. The van der Waals surface area contributed by atoms with Crippen molar-refractivity contribution < 1.29 is 9.53 Å². The van der Waals surface area contributed by atoms with Crippen LogP contribution in [0, 0.1) is 0 Å². The van der Waals surface area contributed by atoms with Crippen LogP contribution < -0.4 is 4.74 Å². The molecule has 5 heteroatoms. The Kier molecular flexibility index (Phi) is 3.53. The van der Waals surface area contributed by atoms with E-state index in [9.17, 15) is 4.79 Å². The van der Waals surface area contributed by atoms with Crippen molar-refractivity contribution in [2.24, 2.45) is 7.05 Å². The molecule has 1 unspecified atom stereocenters. The van der Waals surface area contributed by atoms with E-state index in [1.54, 1.807) is 36.8 Å². The van der Waals surface area contributed by atoms with Crippen LogP contribution in [0.2, 0.25) is 0 Å². The molecule has 0 aliphatic carbocycles. The average Bonchev–Trinajstić information content (AvgIpc) is 2.70. The minimum atomic E-state index is 0.0815. The molecule has 4 nitrogen and oxygen atoms in total. The summed E-state index contributed by atoms with van der Waals surface area (Å²) in [5.41, 5.74) is 0.599. The highest BCUT2D eigenvalue weighted by Crippen LogP contribution is 2.30. The summed E-state index contributed by atoms with van der Waals surface area (Å²) in [6.07, 6.45) is 4.93. The third kappa shape index (κ3) is 2.09. The molecule has 1 saturated heterocycles. The van der Waals surface area contributed by atoms with Gasteiger partial charge in [-0.05, 0) is 18.6 Å². The molecule has 1 fully saturated rings. The fraction of sp³-hybridized carbons (Fsp3) is 0.636. The van der Waals surface area contributed by atoms with Crippen molar-refractivity contribution in [1.29, 1.82) is 0 Å². The Hall–Kier alpha value is -0.970. The van der Waals surface area contributed by atoms with Crippen molar-refractivity contribution in [3.63, 3.8) is 0 Å². The van der Waals surface area contributed by atoms with Gasteiger partial charge in [-0.25, -0.2) is 0 Å². The molecule has 0 bridgehead atoms. The van der Waals surface area contributed by atoms with Gasteiger partial charge in [0.1, 0.15) is 5.69 Å². The lowest BCUT2D eigenvalue weighted by atomic mass is 10.1. The van der Waals surface area contributed by atoms with Crippen molar-refractivity contribution in [3.8, 4) is 5.75 Å². The van der Waals surface area contributed by atoms with E-state index in [0.29, 0.717) is 11.4 Å². The number of nitrogens with zero attached hydrogens (tertiary/aromatic N) is 2. The fourth-order valence-corrected chi connectivity index (χ4v) is 3.20. The van der Waals surface area contributed by atoms with Gasteiger partial charge in [0.05, 0.1) is 18.6 Å². The van der Waals surface area contributed by atoms with Gasteiger partial charge < -0.3 is 4.74 Å². The zero-order valence-electron chi connectivity index (χ0n) is 9.60. The molecule has 2 rings (SSSR count). The van der Waals surface area contributed by atoms with Gasteiger partial charge in [-0.3, -0.25) is 9.48 Å². The van der Waals surface area contributed by atoms with Gasteiger partial charge in [-0.2, -0.15) is 16.9 Å². The van der Waals surface area contributed by atoms with Crippen LogP contribution in [-0.2, 0) is 7.05 Å². The molecule has 0 N–H and O–H groups in total. The molecule has 0 amide bonds. The van der Waals surface area contributed by atoms with E-state index in [4.69, 9.17) is 4.74 Å². The first kappa shape index (κ1) is 11.5. The van der Waals surface area contributed by atoms with E-state index in [-0.39, 0.29) is 11.0 Å². The normalized spacial score (nSPS) is 20.8. The lowest BCUT2D eigenvalue weighted by Gasteiger charge is -2.20. The van der Waals surface area contributed by atoms with Gasteiger partial charge in [-0.15, -0.1) is 0 Å². The number of thioether (sulfide) groups is 1. The van der Waals surface area contributed by atoms with E-state index in [1.807, 2.05) is 0 Å². The summed E-state index contributed by atoms with van der Waals surface area (Å²) < 4.78 is 6.77. The second kappa shape index (κ2) is 4.91. The predicted octanol–water partition coefficient (Wildman–Crippen LogP) is 1.90. The first-order chi connectivity index (χ1) is 7.74. The Labute approximate surface area is 99.4 Å². The molecule has 0 radical (unpaired) electrons. The van der Waals surface area contributed by atoms with Crippen LogP contribution >= 0.6 is 11.8 Å². The molecular formula is C11H16N2O2S. The number of carbonyl (C=O) groups is 1. The number of ether oxygens (including phenoxy) is 1. The van der Waals surface area contributed by atoms with Crippen molar-refractivity contribution in [2.75, 3.05) is 12.9 Å². The second-order valence-electron chi connectivity index (χ2n) is 3.90. The van der Waals surface area contributed by atoms with Gasteiger partial charge in [0.15, 0.2) is 11.5 Å². The molecule has 1 aliphatic rings. The molecule has 1 aromatic heterocycles. The Morgan fingerprint density at radius 1 is 1.62 bits per heavy atom. The summed E-state index contributed by atoms with van der Waals surface area (Å²) in [7, 11) is 3.35. The molecular weight excluding hydrogens is 224 g/mol. The van der Waals surface area contributed by atoms with Crippen LogP contribution in [0.3, 0.4) is 0 Å². The third-order valence-electron chi connectivity index (χ3n) is 2.83. The van der Waals surface area contributed by atoms with Gasteiger partial charge in [0.25, 0.3) is 0 Å². The number of hydrogen-bond donors (Lipinski definition) is 0. The number of carbonyl (C=O) groups excluding carboxylic acids is 1. The van der Waals surface area contributed by atoms with E-state index < -0.39 is 0 Å². The monoisotopic (exact) mass is 240 g/mol. The first-order valence-corrected chi connectivity index (χ1v) is 6.50. The maximum Gasteiger partial charge on any atom is 0.197 e. The van der Waals surface area contributed by atoms with Crippen molar-refractivity contribution in [3.05, 3.63) is 11.9 Å². The topological polar surface area (TPSA) is 44.1 Å². The summed E-state index contributed by atoms with van der Waals surface area (Å²) in [6.45, 7) is 0. The van der Waals surface area contributed by atoms with E-state index in [2.05, 4.69) is 5.10 Å². The summed E-state index contributed by atoms with van der Waals surface area (Å²) in [6, 6.07) is 0. The molecule has 1 aliphatic heterocycles. The minimum absolute atomic E-state index is 0.0815. The molecule has 1 atom stereocenters. The Morgan fingerprint density at radius 2 is 2.44 bits per heavy atom. The SMILES string of the molecule is COc1cnn(C)c1C(=O)C1CCCCS1. The van der Waals surface area contributed by atoms with Crippen molar-refractivity contribution in [2.45, 2.75) is 24.5 Å². The number of ketones is 1. The number of hydrogen-bond acceptors (Lipinski definition) is 4. The number of aromatic nitrogens is 2. The lowest BCUT2D eigenvalue weighted by molar-refractivity contribution is 0.0972. The molecule has 1 aromatic rings. The highest BCUT2D eigenvalue weighted by Gasteiger charge is 2.27. The summed E-state index contributed by atoms with van der Waals surface area (Å²) in [5, 5.41) is 4.15. The standard InChI is InChI=1S/C11H16N2O2S/c1-13-10(8(15-2)7-12-13)11(14)9-5-3-4-6-16-9/h7,9H,3-6H2,1-2H3. The van der Waals surface area contributed by atoms with Crippen LogP contribution in [0.1, 0.15) is 29.8 Å². The summed E-state index contributed by atoms with van der Waals surface area (Å²) in [4.78, 5) is 12.3. The first-order valence-electron chi connectivity index (χ1n) is 5.46. The van der Waals surface area contributed by atoms with E-state index >= 15 is 0 Å². The average molecular weight is 240 g/mol. The zero-order chi connectivity index (χ0) is 11.5. The van der Waals surface area contributed by atoms with Crippen LogP contribution in [0.5, 0.6) is 5.75 Å².